The van der Waals surface area contributed by atoms with Crippen molar-refractivity contribution in [3.05, 3.63) is 63.3 Å². The topological polar surface area (TPSA) is 39.1 Å². The number of aryl methyl sites for hydroxylation is 1. The number of pyridine rings is 1. The fourth-order valence-corrected chi connectivity index (χ4v) is 1.70. The Hall–Kier alpha value is -2.37. The zero-order chi connectivity index (χ0) is 14.2. The van der Waals surface area contributed by atoms with E-state index in [2.05, 4.69) is 0 Å². The Morgan fingerprint density at radius 2 is 1.84 bits per heavy atom. The van der Waals surface area contributed by atoms with E-state index < -0.39 is 22.9 Å². The van der Waals surface area contributed by atoms with Gasteiger partial charge in [0.25, 0.3) is 0 Å². The molecule has 0 aliphatic rings. The Kier molecular flexibility index (Phi) is 3.25. The molecule has 2 rings (SSSR count). The summed E-state index contributed by atoms with van der Waals surface area (Å²) in [5.74, 6) is -4.30. The van der Waals surface area contributed by atoms with Crippen LogP contribution in [-0.2, 0) is 0 Å². The highest BCUT2D eigenvalue weighted by atomic mass is 19.2. The number of hydrogen-bond donors (Lipinski definition) is 0. The molecule has 1 heterocycles. The zero-order valence-electron chi connectivity index (χ0n) is 9.78. The molecule has 19 heavy (non-hydrogen) atoms. The van der Waals surface area contributed by atoms with Gasteiger partial charge in [-0.3, -0.25) is 9.59 Å². The van der Waals surface area contributed by atoms with Crippen LogP contribution in [0.1, 0.15) is 16.1 Å². The molecule has 0 aliphatic carbocycles. The molecule has 0 radical (unpaired) electrons. The number of aldehydes is 1. The molecule has 0 atom stereocenters. The van der Waals surface area contributed by atoms with Crippen LogP contribution >= 0.6 is 0 Å². The van der Waals surface area contributed by atoms with E-state index in [9.17, 15) is 22.8 Å². The van der Waals surface area contributed by atoms with Crippen molar-refractivity contribution in [3.8, 4) is 5.69 Å². The van der Waals surface area contributed by atoms with Crippen molar-refractivity contribution in [3.63, 3.8) is 0 Å². The maximum atomic E-state index is 13.7. The molecule has 0 bridgehead atoms. The first kappa shape index (κ1) is 13.1. The van der Waals surface area contributed by atoms with Gasteiger partial charge in [-0.1, -0.05) is 0 Å². The summed E-state index contributed by atoms with van der Waals surface area (Å²) >= 11 is 0. The average molecular weight is 267 g/mol. The number of hydrogen-bond acceptors (Lipinski definition) is 2. The number of halogens is 3. The molecule has 0 unspecified atom stereocenters. The van der Waals surface area contributed by atoms with E-state index in [0.29, 0.717) is 12.0 Å². The van der Waals surface area contributed by atoms with Crippen LogP contribution < -0.4 is 5.43 Å². The minimum Gasteiger partial charge on any atom is -0.317 e. The molecule has 0 spiro atoms. The van der Waals surface area contributed by atoms with Crippen LogP contribution in [0.3, 0.4) is 0 Å². The van der Waals surface area contributed by atoms with Crippen molar-refractivity contribution in [1.29, 1.82) is 0 Å². The number of carbonyl (C=O) groups is 1. The standard InChI is InChI=1S/C13H8F3NO2/c1-7-4-11(19)8(6-18)5-17(7)10-3-2-9(14)12(15)13(10)16/h2-6H,1H3. The molecule has 6 heteroatoms. The number of benzene rings is 1. The normalized spacial score (nSPS) is 10.5. The lowest BCUT2D eigenvalue weighted by Gasteiger charge is -2.12. The number of rotatable bonds is 2. The van der Waals surface area contributed by atoms with E-state index in [1.54, 1.807) is 0 Å². The molecule has 0 amide bonds. The van der Waals surface area contributed by atoms with Gasteiger partial charge < -0.3 is 4.57 Å². The lowest BCUT2D eigenvalue weighted by molar-refractivity contribution is 0.112. The van der Waals surface area contributed by atoms with Crippen LogP contribution in [0.2, 0.25) is 0 Å². The van der Waals surface area contributed by atoms with Gasteiger partial charge in [0.2, 0.25) is 0 Å². The van der Waals surface area contributed by atoms with E-state index in [1.807, 2.05) is 0 Å². The van der Waals surface area contributed by atoms with Crippen molar-refractivity contribution in [1.82, 2.24) is 4.57 Å². The predicted molar refractivity (Wildman–Crippen MR) is 62.0 cm³/mol. The molecule has 0 aliphatic heterocycles. The van der Waals surface area contributed by atoms with Gasteiger partial charge >= 0.3 is 0 Å². The second-order valence-corrected chi connectivity index (χ2v) is 3.92. The number of aromatic nitrogens is 1. The van der Waals surface area contributed by atoms with Crippen LogP contribution in [0.25, 0.3) is 5.69 Å². The second kappa shape index (κ2) is 4.72. The van der Waals surface area contributed by atoms with E-state index in [-0.39, 0.29) is 11.3 Å². The van der Waals surface area contributed by atoms with Crippen LogP contribution in [0.5, 0.6) is 0 Å². The van der Waals surface area contributed by atoms with Crippen LogP contribution in [0, 0.1) is 24.4 Å². The molecule has 0 saturated carbocycles. The van der Waals surface area contributed by atoms with Crippen LogP contribution in [-0.4, -0.2) is 10.9 Å². The SMILES string of the molecule is Cc1cc(=O)c(C=O)cn1-c1ccc(F)c(F)c1F. The maximum absolute atomic E-state index is 13.7. The third-order valence-electron chi connectivity index (χ3n) is 2.67. The smallest absolute Gasteiger partial charge is 0.196 e. The van der Waals surface area contributed by atoms with Gasteiger partial charge in [0.1, 0.15) is 0 Å². The Bertz CT molecular complexity index is 723. The Labute approximate surface area is 105 Å². The molecule has 0 fully saturated rings. The molecule has 2 aromatic rings. The van der Waals surface area contributed by atoms with Gasteiger partial charge in [-0.2, -0.15) is 0 Å². The third kappa shape index (κ3) is 2.16. The van der Waals surface area contributed by atoms with E-state index in [4.69, 9.17) is 0 Å². The van der Waals surface area contributed by atoms with Crippen molar-refractivity contribution >= 4 is 6.29 Å². The fraction of sp³-hybridized carbons (Fsp3) is 0.0769. The van der Waals surface area contributed by atoms with Crippen molar-refractivity contribution in [2.24, 2.45) is 0 Å². The lowest BCUT2D eigenvalue weighted by atomic mass is 10.2. The lowest BCUT2D eigenvalue weighted by Crippen LogP contribution is -2.14. The quantitative estimate of drug-likeness (QED) is 0.619. The monoisotopic (exact) mass is 267 g/mol. The summed E-state index contributed by atoms with van der Waals surface area (Å²) in [5.41, 5.74) is -0.707. The van der Waals surface area contributed by atoms with Gasteiger partial charge in [0.15, 0.2) is 29.2 Å². The highest BCUT2D eigenvalue weighted by Gasteiger charge is 2.16. The second-order valence-electron chi connectivity index (χ2n) is 3.92. The minimum atomic E-state index is -1.61. The highest BCUT2D eigenvalue weighted by molar-refractivity contribution is 5.74. The molecule has 98 valence electrons. The Balaban J connectivity index is 2.76. The van der Waals surface area contributed by atoms with Crippen molar-refractivity contribution < 1.29 is 18.0 Å². The maximum Gasteiger partial charge on any atom is 0.196 e. The van der Waals surface area contributed by atoms with E-state index in [0.717, 1.165) is 29.0 Å². The number of carbonyl (C=O) groups excluding carboxylic acids is 1. The summed E-state index contributed by atoms with van der Waals surface area (Å²) in [4.78, 5) is 22.1. The van der Waals surface area contributed by atoms with Gasteiger partial charge in [0, 0.05) is 18.0 Å². The highest BCUT2D eigenvalue weighted by Crippen LogP contribution is 2.20. The van der Waals surface area contributed by atoms with Gasteiger partial charge in [-0.25, -0.2) is 13.2 Å². The molecule has 1 aromatic heterocycles. The summed E-state index contributed by atoms with van der Waals surface area (Å²) in [6.45, 7) is 1.48. The van der Waals surface area contributed by atoms with Gasteiger partial charge in [0.05, 0.1) is 11.3 Å². The van der Waals surface area contributed by atoms with Crippen LogP contribution in [0.15, 0.2) is 29.2 Å². The first-order valence-electron chi connectivity index (χ1n) is 5.28. The zero-order valence-corrected chi connectivity index (χ0v) is 9.78. The van der Waals surface area contributed by atoms with E-state index in [1.165, 1.54) is 6.92 Å². The Morgan fingerprint density at radius 1 is 1.16 bits per heavy atom. The fourth-order valence-electron chi connectivity index (χ4n) is 1.70. The summed E-state index contributed by atoms with van der Waals surface area (Å²) in [5, 5.41) is 0. The molecule has 0 saturated heterocycles. The van der Waals surface area contributed by atoms with E-state index >= 15 is 0 Å². The van der Waals surface area contributed by atoms with Crippen LogP contribution in [0.4, 0.5) is 13.2 Å². The Morgan fingerprint density at radius 3 is 2.47 bits per heavy atom. The predicted octanol–water partition coefficient (Wildman–Crippen LogP) is 2.38. The van der Waals surface area contributed by atoms with Gasteiger partial charge in [-0.05, 0) is 19.1 Å². The minimum absolute atomic E-state index is 0.199. The summed E-state index contributed by atoms with van der Waals surface area (Å²) in [6.07, 6.45) is 1.40. The number of nitrogens with zero attached hydrogens (tertiary/aromatic N) is 1. The molecular weight excluding hydrogens is 259 g/mol. The average Bonchev–Trinajstić information content (AvgIpc) is 2.37. The van der Waals surface area contributed by atoms with Crippen molar-refractivity contribution in [2.45, 2.75) is 6.92 Å². The molecule has 1 aromatic carbocycles. The van der Waals surface area contributed by atoms with Crippen molar-refractivity contribution in [2.75, 3.05) is 0 Å². The molecule has 3 nitrogen and oxygen atoms in total. The first-order chi connectivity index (χ1) is 8.95. The third-order valence-corrected chi connectivity index (χ3v) is 2.67. The first-order valence-corrected chi connectivity index (χ1v) is 5.28. The summed E-state index contributed by atoms with van der Waals surface area (Å²) < 4.78 is 40.8. The van der Waals surface area contributed by atoms with Gasteiger partial charge in [-0.15, -0.1) is 0 Å². The summed E-state index contributed by atoms with van der Waals surface area (Å²) in [7, 11) is 0. The molecule has 0 N–H and O–H groups in total. The largest absolute Gasteiger partial charge is 0.317 e. The molecular formula is C13H8F3NO2. The summed E-state index contributed by atoms with van der Waals surface area (Å²) in [6, 6.07) is 2.91.